The van der Waals surface area contributed by atoms with Gasteiger partial charge in [0.05, 0.1) is 25.4 Å². The van der Waals surface area contributed by atoms with Gasteiger partial charge >= 0.3 is 6.03 Å². The van der Waals surface area contributed by atoms with Gasteiger partial charge in [-0.05, 0) is 31.4 Å². The van der Waals surface area contributed by atoms with E-state index in [9.17, 15) is 13.6 Å². The Balaban J connectivity index is 1.76. The van der Waals surface area contributed by atoms with Crippen LogP contribution in [0.1, 0.15) is 38.5 Å². The molecule has 2 atom stereocenters. The van der Waals surface area contributed by atoms with Crippen LogP contribution >= 0.6 is 0 Å². The number of nitrogens with zero attached hydrogens (tertiary/aromatic N) is 3. The highest BCUT2D eigenvalue weighted by atomic mass is 32.3. The van der Waals surface area contributed by atoms with E-state index < -0.39 is 15.9 Å². The van der Waals surface area contributed by atoms with Gasteiger partial charge in [-0.3, -0.25) is 15.2 Å². The van der Waals surface area contributed by atoms with Crippen molar-refractivity contribution in [3.8, 4) is 5.75 Å². The predicted molar refractivity (Wildman–Crippen MR) is 112 cm³/mol. The van der Waals surface area contributed by atoms with Crippen LogP contribution < -0.4 is 15.0 Å². The fraction of sp³-hybridized carbons (Fsp3) is 0.600. The summed E-state index contributed by atoms with van der Waals surface area (Å²) < 4.78 is 31.2. The summed E-state index contributed by atoms with van der Waals surface area (Å²) in [6, 6.07) is 7.19. The number of aliphatic imine (C=N–C) groups is 1. The smallest absolute Gasteiger partial charge is 0.328 e. The summed E-state index contributed by atoms with van der Waals surface area (Å²) in [7, 11) is -1.79. The van der Waals surface area contributed by atoms with E-state index in [1.54, 1.807) is 18.1 Å². The molecule has 1 N–H and O–H groups in total. The van der Waals surface area contributed by atoms with Gasteiger partial charge in [-0.15, -0.1) is 4.31 Å². The molecule has 8 nitrogen and oxygen atoms in total. The fourth-order valence-electron chi connectivity index (χ4n) is 4.65. The first-order valence-corrected chi connectivity index (χ1v) is 12.0. The molecule has 2 saturated heterocycles. The number of urea groups is 1. The quantitative estimate of drug-likeness (QED) is 0.757. The van der Waals surface area contributed by atoms with Gasteiger partial charge in [0, 0.05) is 12.6 Å². The largest absolute Gasteiger partial charge is 0.598 e. The summed E-state index contributed by atoms with van der Waals surface area (Å²) in [6.07, 6.45) is 7.21. The number of amides is 2. The number of sulfonamides is 1. The molecule has 3 fully saturated rings. The monoisotopic (exact) mass is 420 g/mol. The lowest BCUT2D eigenvalue weighted by molar-refractivity contribution is 0.251. The zero-order valence-corrected chi connectivity index (χ0v) is 17.7. The second kappa shape index (κ2) is 7.70. The van der Waals surface area contributed by atoms with Crippen molar-refractivity contribution in [3.63, 3.8) is 0 Å². The van der Waals surface area contributed by atoms with Gasteiger partial charge in [0.1, 0.15) is 33.8 Å². The zero-order chi connectivity index (χ0) is 20.6. The molecule has 1 aromatic carbocycles. The number of carbonyl (C=O) groups is 1. The number of anilines is 1. The Morgan fingerprint density at radius 1 is 1.31 bits per heavy atom. The van der Waals surface area contributed by atoms with Crippen LogP contribution in [0.15, 0.2) is 29.3 Å². The zero-order valence-electron chi connectivity index (χ0n) is 16.9. The van der Waals surface area contributed by atoms with E-state index >= 15 is 0 Å². The number of nitrogens with one attached hydrogen (secondary N) is 1. The summed E-state index contributed by atoms with van der Waals surface area (Å²) in [5.74, 6) is 1.24. The van der Waals surface area contributed by atoms with Crippen molar-refractivity contribution in [2.24, 2.45) is 4.99 Å². The van der Waals surface area contributed by atoms with Gasteiger partial charge in [0.25, 0.3) is 0 Å². The minimum absolute atomic E-state index is 0.175. The summed E-state index contributed by atoms with van der Waals surface area (Å²) in [5, 5.41) is 2.97. The minimum atomic E-state index is -3.37. The highest BCUT2D eigenvalue weighted by molar-refractivity contribution is 7.94. The van der Waals surface area contributed by atoms with Crippen molar-refractivity contribution >= 4 is 28.0 Å². The highest BCUT2D eigenvalue weighted by Crippen LogP contribution is 2.40. The molecule has 2 aliphatic heterocycles. The number of hydrogen-bond donors (Lipinski definition) is 1. The average molecular weight is 421 g/mol. The Kier molecular flexibility index (Phi) is 5.39. The molecule has 3 aliphatic rings. The lowest BCUT2D eigenvalue weighted by Crippen LogP contribution is -2.53. The van der Waals surface area contributed by atoms with Crippen LogP contribution in [0.2, 0.25) is 0 Å². The SMILES string of the molecule is COc1cccc(N2C(=O)NC(=NC3CCCCC3)C23CCN([S+](C)(=O)[O-])C3)c1. The van der Waals surface area contributed by atoms with Crippen molar-refractivity contribution < 1.29 is 18.3 Å². The van der Waals surface area contributed by atoms with Gasteiger partial charge in [-0.1, -0.05) is 29.5 Å². The lowest BCUT2D eigenvalue weighted by atomic mass is 9.93. The highest BCUT2D eigenvalue weighted by Gasteiger charge is 2.58. The third kappa shape index (κ3) is 3.78. The van der Waals surface area contributed by atoms with Crippen LogP contribution in [-0.4, -0.2) is 58.8 Å². The molecule has 0 bridgehead atoms. The topological polar surface area (TPSA) is 97.3 Å². The van der Waals surface area contributed by atoms with Crippen molar-refractivity contribution in [2.45, 2.75) is 50.1 Å². The molecule has 1 aliphatic carbocycles. The number of benzene rings is 1. The van der Waals surface area contributed by atoms with Gasteiger partial charge in [0.2, 0.25) is 0 Å². The normalized spacial score (nSPS) is 29.4. The summed E-state index contributed by atoms with van der Waals surface area (Å²) in [5.41, 5.74) is -0.143. The Hall–Kier alpha value is -1.97. The van der Waals surface area contributed by atoms with Crippen LogP contribution in [0.3, 0.4) is 0 Å². The molecule has 0 radical (unpaired) electrons. The number of rotatable bonds is 4. The van der Waals surface area contributed by atoms with Crippen LogP contribution in [-0.2, 0) is 14.6 Å². The molecule has 158 valence electrons. The van der Waals surface area contributed by atoms with Crippen LogP contribution in [0, 0.1) is 0 Å². The van der Waals surface area contributed by atoms with E-state index in [0.717, 1.165) is 25.7 Å². The molecule has 1 spiro atoms. The van der Waals surface area contributed by atoms with Gasteiger partial charge in [-0.25, -0.2) is 4.79 Å². The van der Waals surface area contributed by atoms with E-state index in [2.05, 4.69) is 5.32 Å². The first kappa shape index (κ1) is 20.3. The molecule has 1 saturated carbocycles. The number of ether oxygens (including phenoxy) is 1. The Morgan fingerprint density at radius 2 is 2.07 bits per heavy atom. The van der Waals surface area contributed by atoms with Crippen LogP contribution in [0.4, 0.5) is 10.5 Å². The molecule has 1 aromatic rings. The first-order valence-electron chi connectivity index (χ1n) is 10.1. The number of hydrogen-bond acceptors (Lipinski definition) is 5. The molecule has 2 unspecified atom stereocenters. The van der Waals surface area contributed by atoms with Crippen molar-refractivity contribution in [1.82, 2.24) is 9.62 Å². The lowest BCUT2D eigenvalue weighted by Gasteiger charge is -2.34. The third-order valence-corrected chi connectivity index (χ3v) is 7.43. The molecule has 2 heterocycles. The van der Waals surface area contributed by atoms with Crippen LogP contribution in [0.5, 0.6) is 5.75 Å². The van der Waals surface area contributed by atoms with E-state index in [0.29, 0.717) is 30.2 Å². The first-order chi connectivity index (χ1) is 13.8. The van der Waals surface area contributed by atoms with Gasteiger partial charge in [-0.2, -0.15) is 0 Å². The minimum Gasteiger partial charge on any atom is -0.598 e. The maximum absolute atomic E-state index is 13.1. The summed E-state index contributed by atoms with van der Waals surface area (Å²) in [4.78, 5) is 19.7. The van der Waals surface area contributed by atoms with Gasteiger partial charge in [0.15, 0.2) is 0 Å². The summed E-state index contributed by atoms with van der Waals surface area (Å²) >= 11 is 0. The molecule has 29 heavy (non-hydrogen) atoms. The number of methoxy groups -OCH3 is 1. The van der Waals surface area contributed by atoms with E-state index in [-0.39, 0.29) is 18.6 Å². The number of carbonyl (C=O) groups excluding carboxylic acids is 1. The Labute approximate surface area is 172 Å². The Bertz CT molecular complexity index is 864. The second-order valence-electron chi connectivity index (χ2n) is 8.11. The maximum Gasteiger partial charge on any atom is 0.328 e. The molecule has 4 rings (SSSR count). The average Bonchev–Trinajstić information content (AvgIpc) is 3.25. The van der Waals surface area contributed by atoms with Crippen molar-refractivity contribution in [2.75, 3.05) is 31.4 Å². The van der Waals surface area contributed by atoms with E-state index in [4.69, 9.17) is 9.73 Å². The Morgan fingerprint density at radius 3 is 2.72 bits per heavy atom. The van der Waals surface area contributed by atoms with Crippen molar-refractivity contribution in [1.29, 1.82) is 0 Å². The molecule has 2 amide bonds. The number of amidine groups is 1. The van der Waals surface area contributed by atoms with E-state index in [1.807, 2.05) is 18.2 Å². The van der Waals surface area contributed by atoms with Crippen LogP contribution in [0.25, 0.3) is 0 Å². The third-order valence-electron chi connectivity index (χ3n) is 6.18. The maximum atomic E-state index is 13.1. The standard InChI is InChI=1S/C20H28N4O4S/c1-28-17-10-6-9-16(13-17)24-19(25)22-18(21-15-7-4-3-5-8-15)20(24)11-12-23(14-20)29(2,26)27/h6,9-10,13,15H,3-5,7-8,11-12,14H2,1-2H3,(H-,21,22,25,26,27). The van der Waals surface area contributed by atoms with Crippen molar-refractivity contribution in [3.05, 3.63) is 24.3 Å². The second-order valence-corrected chi connectivity index (χ2v) is 10.1. The van der Waals surface area contributed by atoms with Gasteiger partial charge < -0.3 is 9.29 Å². The molecular formula is C20H28N4O4S. The van der Waals surface area contributed by atoms with E-state index in [1.165, 1.54) is 17.0 Å². The molecule has 0 aromatic heterocycles. The molecular weight excluding hydrogens is 392 g/mol. The fourth-order valence-corrected chi connectivity index (χ4v) is 5.52. The molecule has 9 heteroatoms. The predicted octanol–water partition coefficient (Wildman–Crippen LogP) is 2.58. The summed E-state index contributed by atoms with van der Waals surface area (Å²) in [6.45, 7) is 0.561.